The third-order valence-corrected chi connectivity index (χ3v) is 8.09. The van der Waals surface area contributed by atoms with E-state index in [1.165, 1.54) is 33.4 Å². The Bertz CT molecular complexity index is 1180. The number of piperidine rings is 2. The molecule has 2 aliphatic heterocycles. The first-order valence-corrected chi connectivity index (χ1v) is 11.8. The van der Waals surface area contributed by atoms with Crippen LogP contribution in [0.25, 0.3) is 11.1 Å². The van der Waals surface area contributed by atoms with Crippen LogP contribution >= 0.6 is 0 Å². The molecule has 7 rings (SSSR count). The number of hydrogen-bond acceptors (Lipinski definition) is 3. The molecule has 0 unspecified atom stereocenters. The average molecular weight is 440 g/mol. The molecule has 1 saturated carbocycles. The zero-order valence-corrected chi connectivity index (χ0v) is 19.0. The predicted octanol–water partition coefficient (Wildman–Crippen LogP) is 5.27. The van der Waals surface area contributed by atoms with Crippen molar-refractivity contribution in [2.45, 2.75) is 31.1 Å². The first-order valence-electron chi connectivity index (χ1n) is 11.8. The second-order valence-corrected chi connectivity index (χ2v) is 10.3. The Morgan fingerprint density at radius 2 is 1.55 bits per heavy atom. The highest BCUT2D eigenvalue weighted by Crippen LogP contribution is 2.60. The largest absolute Gasteiger partial charge is 0.448 e. The molecular formula is C29H29NO3. The van der Waals surface area contributed by atoms with Gasteiger partial charge in [0.1, 0.15) is 6.61 Å². The predicted molar refractivity (Wildman–Crippen MR) is 128 cm³/mol. The molecule has 2 aliphatic carbocycles. The summed E-state index contributed by atoms with van der Waals surface area (Å²) in [7, 11) is 0. The molecule has 4 nitrogen and oxygen atoms in total. The first kappa shape index (κ1) is 20.5. The molecule has 2 heterocycles. The van der Waals surface area contributed by atoms with Gasteiger partial charge in [0.15, 0.2) is 0 Å². The van der Waals surface area contributed by atoms with Crippen LogP contribution in [0.5, 0.6) is 0 Å². The number of fused-ring (bicyclic) bond motifs is 5. The standard InChI is InChI=1S/C29H29NO3/c1-20-8-2-7-13-26(20)29-15-28(16-29,19-31)17-30(18-29)27(32)33-14-25-23-11-5-3-9-21(23)22-10-4-6-12-24(22)25/h2-13,25,31H,14-19H2,1H3. The van der Waals surface area contributed by atoms with Gasteiger partial charge in [0.2, 0.25) is 0 Å². The molecule has 3 aromatic rings. The number of benzene rings is 3. The lowest BCUT2D eigenvalue weighted by Gasteiger charge is -2.63. The van der Waals surface area contributed by atoms with Gasteiger partial charge in [0.05, 0.1) is 6.61 Å². The molecule has 0 atom stereocenters. The summed E-state index contributed by atoms with van der Waals surface area (Å²) < 4.78 is 5.95. The number of aliphatic hydroxyl groups is 1. The van der Waals surface area contributed by atoms with Crippen LogP contribution in [0.4, 0.5) is 4.79 Å². The Balaban J connectivity index is 1.23. The number of nitrogens with zero attached hydrogens (tertiary/aromatic N) is 1. The van der Waals surface area contributed by atoms with Gasteiger partial charge < -0.3 is 14.7 Å². The maximum Gasteiger partial charge on any atom is 0.409 e. The van der Waals surface area contributed by atoms with E-state index < -0.39 is 0 Å². The lowest BCUT2D eigenvalue weighted by atomic mass is 9.47. The Kier molecular flexibility index (Phi) is 4.63. The number of carbonyl (C=O) groups excluding carboxylic acids is 1. The van der Waals surface area contributed by atoms with Crippen LogP contribution in [0, 0.1) is 12.3 Å². The van der Waals surface area contributed by atoms with Crippen molar-refractivity contribution in [3.8, 4) is 11.1 Å². The van der Waals surface area contributed by atoms with Crippen LogP contribution in [0.2, 0.25) is 0 Å². The third-order valence-electron chi connectivity index (χ3n) is 8.09. The van der Waals surface area contributed by atoms with Gasteiger partial charge in [-0.15, -0.1) is 0 Å². The monoisotopic (exact) mass is 439 g/mol. The van der Waals surface area contributed by atoms with E-state index in [0.29, 0.717) is 19.7 Å². The van der Waals surface area contributed by atoms with E-state index in [2.05, 4.69) is 79.7 Å². The van der Waals surface area contributed by atoms with Crippen LogP contribution < -0.4 is 0 Å². The van der Waals surface area contributed by atoms with E-state index in [1.54, 1.807) is 0 Å². The first-order chi connectivity index (χ1) is 16.0. The highest BCUT2D eigenvalue weighted by Gasteiger charge is 2.61. The van der Waals surface area contributed by atoms with E-state index in [4.69, 9.17) is 4.74 Å². The Morgan fingerprint density at radius 3 is 2.18 bits per heavy atom. The van der Waals surface area contributed by atoms with Crippen LogP contribution in [-0.2, 0) is 10.2 Å². The third kappa shape index (κ3) is 3.12. The molecule has 3 aromatic carbocycles. The van der Waals surface area contributed by atoms with Crippen molar-refractivity contribution in [2.24, 2.45) is 5.41 Å². The average Bonchev–Trinajstić information content (AvgIpc) is 3.16. The second kappa shape index (κ2) is 7.46. The van der Waals surface area contributed by atoms with Crippen LogP contribution in [0.1, 0.15) is 41.0 Å². The van der Waals surface area contributed by atoms with Gasteiger partial charge in [-0.2, -0.15) is 0 Å². The SMILES string of the molecule is Cc1ccccc1C12CN(C(=O)OCC3c4ccccc4-c4ccccc43)CC(CO)(C1)C2. The molecule has 3 fully saturated rings. The Morgan fingerprint density at radius 1 is 0.939 bits per heavy atom. The second-order valence-electron chi connectivity index (χ2n) is 10.3. The lowest BCUT2D eigenvalue weighted by molar-refractivity contribution is -0.106. The van der Waals surface area contributed by atoms with Crippen molar-refractivity contribution in [1.29, 1.82) is 0 Å². The number of aryl methyl sites for hydroxylation is 1. The van der Waals surface area contributed by atoms with Gasteiger partial charge in [0, 0.05) is 29.8 Å². The molecule has 168 valence electrons. The zero-order valence-electron chi connectivity index (χ0n) is 19.0. The van der Waals surface area contributed by atoms with Gasteiger partial charge >= 0.3 is 6.09 Å². The number of carbonyl (C=O) groups is 1. The van der Waals surface area contributed by atoms with E-state index in [9.17, 15) is 9.90 Å². The van der Waals surface area contributed by atoms with Crippen LogP contribution in [-0.4, -0.2) is 42.4 Å². The molecule has 4 aliphatic rings. The number of amides is 1. The van der Waals surface area contributed by atoms with Crippen molar-refractivity contribution >= 4 is 6.09 Å². The van der Waals surface area contributed by atoms with Crippen molar-refractivity contribution in [2.75, 3.05) is 26.3 Å². The fraction of sp³-hybridized carbons (Fsp3) is 0.345. The quantitative estimate of drug-likeness (QED) is 0.603. The van der Waals surface area contributed by atoms with Gasteiger partial charge in [-0.1, -0.05) is 72.8 Å². The molecule has 0 spiro atoms. The van der Waals surface area contributed by atoms with Crippen molar-refractivity contribution in [1.82, 2.24) is 4.90 Å². The molecular weight excluding hydrogens is 410 g/mol. The van der Waals surface area contributed by atoms with E-state index in [-0.39, 0.29) is 29.4 Å². The van der Waals surface area contributed by atoms with Crippen molar-refractivity contribution in [3.05, 3.63) is 95.1 Å². The molecule has 2 saturated heterocycles. The lowest BCUT2D eigenvalue weighted by Crippen LogP contribution is -2.67. The minimum atomic E-state index is -0.271. The summed E-state index contributed by atoms with van der Waals surface area (Å²) in [5, 5.41) is 10.2. The molecule has 1 N–H and O–H groups in total. The van der Waals surface area contributed by atoms with E-state index in [1.807, 2.05) is 4.90 Å². The number of rotatable bonds is 4. The molecule has 1 amide bonds. The summed E-state index contributed by atoms with van der Waals surface area (Å²) in [5.41, 5.74) is 7.14. The number of ether oxygens (including phenoxy) is 1. The smallest absolute Gasteiger partial charge is 0.409 e. The highest BCUT2D eigenvalue weighted by molar-refractivity contribution is 5.79. The summed E-state index contributed by atoms with van der Waals surface area (Å²) in [4.78, 5) is 15.1. The molecule has 0 radical (unpaired) electrons. The minimum absolute atomic E-state index is 0.0535. The maximum absolute atomic E-state index is 13.3. The number of aliphatic hydroxyl groups excluding tert-OH is 1. The zero-order chi connectivity index (χ0) is 22.6. The summed E-state index contributed by atoms with van der Waals surface area (Å²) in [6.45, 7) is 3.78. The number of hydrogen-bond donors (Lipinski definition) is 1. The summed E-state index contributed by atoms with van der Waals surface area (Å²) >= 11 is 0. The Labute approximate surface area is 194 Å². The van der Waals surface area contributed by atoms with Gasteiger partial charge in [-0.3, -0.25) is 0 Å². The molecule has 0 aromatic heterocycles. The van der Waals surface area contributed by atoms with Crippen LogP contribution in [0.15, 0.2) is 72.8 Å². The molecule has 33 heavy (non-hydrogen) atoms. The summed E-state index contributed by atoms with van der Waals surface area (Å²) in [6.07, 6.45) is 1.58. The van der Waals surface area contributed by atoms with E-state index in [0.717, 1.165) is 12.8 Å². The van der Waals surface area contributed by atoms with Crippen molar-refractivity contribution in [3.63, 3.8) is 0 Å². The van der Waals surface area contributed by atoms with Gasteiger partial charge in [-0.05, 0) is 53.1 Å². The van der Waals surface area contributed by atoms with Gasteiger partial charge in [0.25, 0.3) is 0 Å². The fourth-order valence-corrected chi connectivity index (χ4v) is 6.85. The van der Waals surface area contributed by atoms with Gasteiger partial charge in [-0.25, -0.2) is 4.79 Å². The summed E-state index contributed by atoms with van der Waals surface area (Å²) in [6, 6.07) is 25.2. The fourth-order valence-electron chi connectivity index (χ4n) is 6.85. The normalized spacial score (nSPS) is 25.2. The topological polar surface area (TPSA) is 49.8 Å². The van der Waals surface area contributed by atoms with Crippen molar-refractivity contribution < 1.29 is 14.6 Å². The van der Waals surface area contributed by atoms with Crippen LogP contribution in [0.3, 0.4) is 0 Å². The maximum atomic E-state index is 13.3. The van der Waals surface area contributed by atoms with E-state index >= 15 is 0 Å². The highest BCUT2D eigenvalue weighted by atomic mass is 16.6. The molecule has 2 bridgehead atoms. The Hall–Kier alpha value is -3.11. The minimum Gasteiger partial charge on any atom is -0.448 e. The summed E-state index contributed by atoms with van der Waals surface area (Å²) in [5.74, 6) is 0.0535. The molecule has 4 heteroatoms.